The number of primary amides is 1. The number of anilines is 1. The maximum atomic E-state index is 10.9. The molecule has 0 radical (unpaired) electrons. The third-order valence-electron chi connectivity index (χ3n) is 3.07. The molecule has 1 amide bonds. The third-order valence-corrected chi connectivity index (χ3v) is 3.07. The molecule has 8 heteroatoms. The highest BCUT2D eigenvalue weighted by Gasteiger charge is 2.15. The fraction of sp³-hybridized carbons (Fsp3) is 0.333. The number of hydrogen-bond acceptors (Lipinski definition) is 7. The number of piperazine rings is 1. The van der Waals surface area contributed by atoms with Crippen LogP contribution in [0.1, 0.15) is 10.7 Å². The van der Waals surface area contributed by atoms with E-state index in [1.807, 2.05) is 12.1 Å². The standard InChI is InChI=1S/C12H14N6O2/c13-10(19)12-17-16-11(20-12)8-1-2-9(15-7-8)18-5-3-14-4-6-18/h1-2,7,14H,3-6H2,(H2,13,19). The van der Waals surface area contributed by atoms with E-state index in [2.05, 4.69) is 25.4 Å². The minimum atomic E-state index is -0.742. The van der Waals surface area contributed by atoms with Gasteiger partial charge in [0.1, 0.15) is 5.82 Å². The lowest BCUT2D eigenvalue weighted by Crippen LogP contribution is -2.43. The Kier molecular flexibility index (Phi) is 3.30. The van der Waals surface area contributed by atoms with E-state index in [0.29, 0.717) is 5.56 Å². The highest BCUT2D eigenvalue weighted by atomic mass is 16.4. The molecule has 20 heavy (non-hydrogen) atoms. The van der Waals surface area contributed by atoms with Crippen LogP contribution in [0.15, 0.2) is 22.7 Å². The molecule has 2 aromatic rings. The van der Waals surface area contributed by atoms with Crippen LogP contribution in [0, 0.1) is 0 Å². The van der Waals surface area contributed by atoms with Crippen LogP contribution in [-0.2, 0) is 0 Å². The quantitative estimate of drug-likeness (QED) is 0.786. The summed E-state index contributed by atoms with van der Waals surface area (Å²) in [5.74, 6) is 0.198. The number of nitrogens with zero attached hydrogens (tertiary/aromatic N) is 4. The van der Waals surface area contributed by atoms with Gasteiger partial charge in [-0.05, 0) is 12.1 Å². The van der Waals surface area contributed by atoms with Gasteiger partial charge in [-0.3, -0.25) is 4.79 Å². The predicted molar refractivity (Wildman–Crippen MR) is 71.1 cm³/mol. The van der Waals surface area contributed by atoms with Crippen molar-refractivity contribution < 1.29 is 9.21 Å². The van der Waals surface area contributed by atoms with Crippen LogP contribution in [0.25, 0.3) is 11.5 Å². The molecule has 3 rings (SSSR count). The molecule has 1 fully saturated rings. The maximum Gasteiger partial charge on any atom is 0.306 e. The van der Waals surface area contributed by atoms with Crippen molar-refractivity contribution in [3.63, 3.8) is 0 Å². The fourth-order valence-electron chi connectivity index (χ4n) is 2.03. The SMILES string of the molecule is NC(=O)c1nnc(-c2ccc(N3CCNCC3)nc2)o1. The Morgan fingerprint density at radius 1 is 1.30 bits per heavy atom. The first-order valence-electron chi connectivity index (χ1n) is 6.29. The first kappa shape index (κ1) is 12.5. The number of amides is 1. The van der Waals surface area contributed by atoms with Crippen LogP contribution in [0.4, 0.5) is 5.82 Å². The van der Waals surface area contributed by atoms with E-state index in [0.717, 1.165) is 32.0 Å². The molecule has 0 unspecified atom stereocenters. The molecular formula is C12H14N6O2. The number of aromatic nitrogens is 3. The Labute approximate surface area is 115 Å². The van der Waals surface area contributed by atoms with Crippen molar-refractivity contribution in [3.8, 4) is 11.5 Å². The third kappa shape index (κ3) is 2.45. The van der Waals surface area contributed by atoms with Crippen molar-refractivity contribution in [3.05, 3.63) is 24.2 Å². The number of carbonyl (C=O) groups is 1. The van der Waals surface area contributed by atoms with Crippen molar-refractivity contribution in [1.29, 1.82) is 0 Å². The topological polar surface area (TPSA) is 110 Å². The zero-order chi connectivity index (χ0) is 13.9. The van der Waals surface area contributed by atoms with Gasteiger partial charge >= 0.3 is 11.8 Å². The van der Waals surface area contributed by atoms with E-state index in [9.17, 15) is 4.79 Å². The van der Waals surface area contributed by atoms with E-state index in [1.54, 1.807) is 6.20 Å². The van der Waals surface area contributed by atoms with E-state index >= 15 is 0 Å². The molecule has 0 bridgehead atoms. The monoisotopic (exact) mass is 274 g/mol. The van der Waals surface area contributed by atoms with Gasteiger partial charge in [-0.2, -0.15) is 0 Å². The average Bonchev–Trinajstić information content (AvgIpc) is 2.98. The van der Waals surface area contributed by atoms with Crippen molar-refractivity contribution in [2.24, 2.45) is 5.73 Å². The molecule has 1 aliphatic heterocycles. The normalized spacial score (nSPS) is 15.3. The van der Waals surface area contributed by atoms with Crippen LogP contribution < -0.4 is 16.0 Å². The van der Waals surface area contributed by atoms with Crippen LogP contribution in [-0.4, -0.2) is 47.3 Å². The lowest BCUT2D eigenvalue weighted by atomic mass is 10.2. The summed E-state index contributed by atoms with van der Waals surface area (Å²) in [4.78, 5) is 17.5. The summed E-state index contributed by atoms with van der Waals surface area (Å²) < 4.78 is 5.16. The second kappa shape index (κ2) is 5.25. The molecule has 8 nitrogen and oxygen atoms in total. The Hall–Kier alpha value is -2.48. The first-order chi connectivity index (χ1) is 9.74. The molecule has 104 valence electrons. The summed E-state index contributed by atoms with van der Waals surface area (Å²) in [5.41, 5.74) is 5.72. The van der Waals surface area contributed by atoms with Crippen molar-refractivity contribution in [2.45, 2.75) is 0 Å². The molecule has 0 aliphatic carbocycles. The molecule has 1 aliphatic rings. The van der Waals surface area contributed by atoms with Crippen molar-refractivity contribution >= 4 is 11.7 Å². The lowest BCUT2D eigenvalue weighted by Gasteiger charge is -2.28. The highest BCUT2D eigenvalue weighted by molar-refractivity contribution is 5.87. The minimum Gasteiger partial charge on any atom is -0.412 e. The van der Waals surface area contributed by atoms with E-state index in [1.165, 1.54) is 0 Å². The summed E-state index contributed by atoms with van der Waals surface area (Å²) in [5, 5.41) is 10.6. The molecule has 0 saturated carbocycles. The van der Waals surface area contributed by atoms with Gasteiger partial charge in [0.25, 0.3) is 0 Å². The highest BCUT2D eigenvalue weighted by Crippen LogP contribution is 2.19. The molecule has 3 N–H and O–H groups in total. The average molecular weight is 274 g/mol. The number of pyridine rings is 1. The number of nitrogens with two attached hydrogens (primary N) is 1. The number of carbonyl (C=O) groups excluding carboxylic acids is 1. The summed E-state index contributed by atoms with van der Waals surface area (Å²) in [6.45, 7) is 3.77. The van der Waals surface area contributed by atoms with Crippen LogP contribution in [0.3, 0.4) is 0 Å². The van der Waals surface area contributed by atoms with E-state index < -0.39 is 5.91 Å². The van der Waals surface area contributed by atoms with Gasteiger partial charge in [-0.25, -0.2) is 4.98 Å². The van der Waals surface area contributed by atoms with Gasteiger partial charge in [0.15, 0.2) is 0 Å². The molecule has 3 heterocycles. The Bertz CT molecular complexity index is 603. The second-order valence-electron chi connectivity index (χ2n) is 4.42. The lowest BCUT2D eigenvalue weighted by molar-refractivity contribution is 0.0968. The van der Waals surface area contributed by atoms with Crippen LogP contribution in [0.5, 0.6) is 0 Å². The van der Waals surface area contributed by atoms with Crippen molar-refractivity contribution in [2.75, 3.05) is 31.1 Å². The summed E-state index contributed by atoms with van der Waals surface area (Å²) >= 11 is 0. The zero-order valence-electron chi connectivity index (χ0n) is 10.7. The second-order valence-corrected chi connectivity index (χ2v) is 4.42. The molecule has 1 saturated heterocycles. The number of rotatable bonds is 3. The van der Waals surface area contributed by atoms with Gasteiger partial charge in [0, 0.05) is 32.4 Å². The predicted octanol–water partition coefficient (Wildman–Crippen LogP) is -0.360. The number of hydrogen-bond donors (Lipinski definition) is 2. The summed E-state index contributed by atoms with van der Waals surface area (Å²) in [6, 6.07) is 3.73. The van der Waals surface area contributed by atoms with E-state index in [4.69, 9.17) is 10.2 Å². The number of nitrogens with one attached hydrogen (secondary N) is 1. The smallest absolute Gasteiger partial charge is 0.306 e. The Morgan fingerprint density at radius 3 is 2.70 bits per heavy atom. The summed E-state index contributed by atoms with van der Waals surface area (Å²) in [6.07, 6.45) is 1.65. The van der Waals surface area contributed by atoms with E-state index in [-0.39, 0.29) is 11.8 Å². The van der Waals surface area contributed by atoms with Gasteiger partial charge in [0.2, 0.25) is 5.89 Å². The summed E-state index contributed by atoms with van der Waals surface area (Å²) in [7, 11) is 0. The fourth-order valence-corrected chi connectivity index (χ4v) is 2.03. The van der Waals surface area contributed by atoms with Gasteiger partial charge in [0.05, 0.1) is 5.56 Å². The van der Waals surface area contributed by atoms with Crippen LogP contribution >= 0.6 is 0 Å². The molecule has 2 aromatic heterocycles. The Balaban J connectivity index is 1.79. The molecule has 0 aromatic carbocycles. The first-order valence-corrected chi connectivity index (χ1v) is 6.29. The molecule has 0 spiro atoms. The minimum absolute atomic E-state index is 0.203. The Morgan fingerprint density at radius 2 is 2.10 bits per heavy atom. The van der Waals surface area contributed by atoms with Gasteiger partial charge < -0.3 is 20.4 Å². The van der Waals surface area contributed by atoms with Crippen molar-refractivity contribution in [1.82, 2.24) is 20.5 Å². The molecular weight excluding hydrogens is 260 g/mol. The van der Waals surface area contributed by atoms with Crippen LogP contribution in [0.2, 0.25) is 0 Å². The largest absolute Gasteiger partial charge is 0.412 e. The zero-order valence-corrected chi connectivity index (χ0v) is 10.7. The maximum absolute atomic E-state index is 10.9. The van der Waals surface area contributed by atoms with Gasteiger partial charge in [-0.1, -0.05) is 0 Å². The van der Waals surface area contributed by atoms with Gasteiger partial charge in [-0.15, -0.1) is 10.2 Å². The molecule has 0 atom stereocenters.